The number of nitrogens with zero attached hydrogens (tertiary/aromatic N) is 3. The number of aromatic nitrogens is 2. The minimum absolute atomic E-state index is 0.286. The molecule has 0 amide bonds. The molecule has 3 heterocycles. The van der Waals surface area contributed by atoms with Crippen LogP contribution in [0.25, 0.3) is 21.3 Å². The molecule has 2 aromatic heterocycles. The van der Waals surface area contributed by atoms with Crippen molar-refractivity contribution in [1.82, 2.24) is 9.97 Å². The summed E-state index contributed by atoms with van der Waals surface area (Å²) in [6.45, 7) is 1.54. The van der Waals surface area contributed by atoms with E-state index in [0.717, 1.165) is 51.6 Å². The van der Waals surface area contributed by atoms with E-state index >= 15 is 0 Å². The van der Waals surface area contributed by atoms with Gasteiger partial charge in [0.15, 0.2) is 0 Å². The number of halogens is 1. The molecule has 1 N–H and O–H groups in total. The minimum atomic E-state index is -0.286. The predicted molar refractivity (Wildman–Crippen MR) is 95.3 cm³/mol. The Labute approximate surface area is 143 Å². The van der Waals surface area contributed by atoms with Gasteiger partial charge in [-0.15, -0.1) is 11.3 Å². The molecule has 0 spiro atoms. The van der Waals surface area contributed by atoms with Crippen LogP contribution < -0.4 is 4.90 Å². The van der Waals surface area contributed by atoms with Gasteiger partial charge in [0.25, 0.3) is 0 Å². The highest BCUT2D eigenvalue weighted by Crippen LogP contribution is 2.38. The molecule has 0 radical (unpaired) electrons. The second-order valence-electron chi connectivity index (χ2n) is 5.78. The van der Waals surface area contributed by atoms with Gasteiger partial charge in [-0.2, -0.15) is 0 Å². The fraction of sp³-hybridized carbons (Fsp3) is 0.294. The van der Waals surface area contributed by atoms with E-state index in [1.54, 1.807) is 17.7 Å². The number of aliphatic hydroxyl groups excluding tert-OH is 1. The lowest BCUT2D eigenvalue weighted by molar-refractivity contribution is 0.154. The Kier molecular flexibility index (Phi) is 3.93. The number of piperidine rings is 1. The van der Waals surface area contributed by atoms with Crippen LogP contribution in [0.1, 0.15) is 12.8 Å². The van der Waals surface area contributed by atoms with Gasteiger partial charge in [-0.1, -0.05) is 23.7 Å². The smallest absolute Gasteiger partial charge is 0.141 e. The first-order valence-corrected chi connectivity index (χ1v) is 8.89. The molecule has 1 atom stereocenters. The van der Waals surface area contributed by atoms with E-state index in [-0.39, 0.29) is 6.10 Å². The quantitative estimate of drug-likeness (QED) is 0.763. The molecule has 4 nitrogen and oxygen atoms in total. The zero-order valence-corrected chi connectivity index (χ0v) is 14.0. The second-order valence-corrected chi connectivity index (χ2v) is 7.07. The third-order valence-electron chi connectivity index (χ3n) is 4.20. The van der Waals surface area contributed by atoms with Gasteiger partial charge in [0.05, 0.1) is 11.5 Å². The molecule has 118 valence electrons. The van der Waals surface area contributed by atoms with Gasteiger partial charge in [-0.25, -0.2) is 9.97 Å². The molecule has 3 aromatic rings. The molecule has 0 aliphatic carbocycles. The van der Waals surface area contributed by atoms with E-state index in [1.807, 2.05) is 24.3 Å². The number of thiophene rings is 1. The van der Waals surface area contributed by atoms with E-state index in [9.17, 15) is 5.11 Å². The fourth-order valence-corrected chi connectivity index (χ4v) is 4.12. The van der Waals surface area contributed by atoms with Crippen molar-refractivity contribution in [2.45, 2.75) is 18.9 Å². The molecule has 6 heteroatoms. The number of anilines is 1. The number of rotatable bonds is 2. The van der Waals surface area contributed by atoms with Crippen molar-refractivity contribution in [3.8, 4) is 11.1 Å². The Morgan fingerprint density at radius 1 is 1.22 bits per heavy atom. The van der Waals surface area contributed by atoms with Crippen molar-refractivity contribution in [1.29, 1.82) is 0 Å². The molecule has 1 saturated heterocycles. The maximum Gasteiger partial charge on any atom is 0.141 e. The molecule has 1 aromatic carbocycles. The van der Waals surface area contributed by atoms with Gasteiger partial charge >= 0.3 is 0 Å². The maximum atomic E-state index is 9.98. The predicted octanol–water partition coefficient (Wildman–Crippen LogP) is 3.97. The molecule has 1 fully saturated rings. The first-order valence-electron chi connectivity index (χ1n) is 7.63. The summed E-state index contributed by atoms with van der Waals surface area (Å²) in [5.41, 5.74) is 2.23. The van der Waals surface area contributed by atoms with Gasteiger partial charge < -0.3 is 10.0 Å². The summed E-state index contributed by atoms with van der Waals surface area (Å²) in [6, 6.07) is 7.83. The van der Waals surface area contributed by atoms with Crippen LogP contribution >= 0.6 is 22.9 Å². The van der Waals surface area contributed by atoms with Gasteiger partial charge in [0, 0.05) is 29.1 Å². The Morgan fingerprint density at radius 3 is 2.83 bits per heavy atom. The zero-order chi connectivity index (χ0) is 15.8. The van der Waals surface area contributed by atoms with Crippen molar-refractivity contribution < 1.29 is 5.11 Å². The lowest BCUT2D eigenvalue weighted by Crippen LogP contribution is -2.38. The number of benzene rings is 1. The molecular formula is C17H16ClN3OS. The van der Waals surface area contributed by atoms with Gasteiger partial charge in [-0.3, -0.25) is 0 Å². The standard InChI is InChI=1S/C17H16ClN3OS/c18-12-5-3-11(4-6-12)14-9-23-17-15(14)16(19-10-20-17)21-7-1-2-13(22)8-21/h3-6,9-10,13,22H,1-2,7-8H2/t13-/m1/s1. The van der Waals surface area contributed by atoms with Crippen molar-refractivity contribution in [3.05, 3.63) is 41.0 Å². The number of hydrogen-bond acceptors (Lipinski definition) is 5. The van der Waals surface area contributed by atoms with E-state index in [1.165, 1.54) is 0 Å². The third kappa shape index (κ3) is 2.80. The maximum absolute atomic E-state index is 9.98. The van der Waals surface area contributed by atoms with Crippen molar-refractivity contribution in [3.63, 3.8) is 0 Å². The van der Waals surface area contributed by atoms with Crippen LogP contribution in [0.4, 0.5) is 5.82 Å². The van der Waals surface area contributed by atoms with Crippen LogP contribution in [0.2, 0.25) is 5.02 Å². The largest absolute Gasteiger partial charge is 0.391 e. The Bertz CT molecular complexity index is 833. The molecule has 1 aliphatic rings. The first-order chi connectivity index (χ1) is 11.2. The number of hydrogen-bond donors (Lipinski definition) is 1. The molecule has 0 saturated carbocycles. The minimum Gasteiger partial charge on any atom is -0.391 e. The second kappa shape index (κ2) is 6.07. The van der Waals surface area contributed by atoms with Crippen LogP contribution in [-0.4, -0.2) is 34.3 Å². The average molecular weight is 346 g/mol. The fourth-order valence-electron chi connectivity index (χ4n) is 3.09. The SMILES string of the molecule is O[C@@H]1CCCN(c2ncnc3scc(-c4ccc(Cl)cc4)c23)C1. The molecule has 23 heavy (non-hydrogen) atoms. The third-order valence-corrected chi connectivity index (χ3v) is 5.34. The molecule has 0 unspecified atom stereocenters. The number of aliphatic hydroxyl groups is 1. The van der Waals surface area contributed by atoms with Gasteiger partial charge in [-0.05, 0) is 30.5 Å². The molecule has 4 rings (SSSR count). The van der Waals surface area contributed by atoms with E-state index in [2.05, 4.69) is 20.2 Å². The molecular weight excluding hydrogens is 330 g/mol. The zero-order valence-electron chi connectivity index (χ0n) is 12.4. The van der Waals surface area contributed by atoms with Crippen molar-refractivity contribution in [2.75, 3.05) is 18.0 Å². The number of fused-ring (bicyclic) bond motifs is 1. The van der Waals surface area contributed by atoms with E-state index in [0.29, 0.717) is 6.54 Å². The monoisotopic (exact) mass is 345 g/mol. The highest BCUT2D eigenvalue weighted by atomic mass is 35.5. The first kappa shape index (κ1) is 14.9. The Balaban J connectivity index is 1.85. The average Bonchev–Trinajstić information content (AvgIpc) is 3.00. The summed E-state index contributed by atoms with van der Waals surface area (Å²) in [4.78, 5) is 12.1. The summed E-state index contributed by atoms with van der Waals surface area (Å²) in [6.07, 6.45) is 3.16. The summed E-state index contributed by atoms with van der Waals surface area (Å²) in [5, 5.41) is 13.9. The van der Waals surface area contributed by atoms with Crippen LogP contribution in [0.15, 0.2) is 36.0 Å². The Hall–Kier alpha value is -1.69. The van der Waals surface area contributed by atoms with E-state index in [4.69, 9.17) is 11.6 Å². The van der Waals surface area contributed by atoms with Crippen molar-refractivity contribution in [2.24, 2.45) is 0 Å². The lowest BCUT2D eigenvalue weighted by atomic mass is 10.0. The van der Waals surface area contributed by atoms with Crippen molar-refractivity contribution >= 4 is 39.0 Å². The normalized spacial score (nSPS) is 18.5. The van der Waals surface area contributed by atoms with Crippen LogP contribution in [-0.2, 0) is 0 Å². The van der Waals surface area contributed by atoms with Crippen LogP contribution in [0.3, 0.4) is 0 Å². The molecule has 1 aliphatic heterocycles. The summed E-state index contributed by atoms with van der Waals surface area (Å²) >= 11 is 7.62. The lowest BCUT2D eigenvalue weighted by Gasteiger charge is -2.31. The number of β-amino-alcohol motifs (C(OH)–C–C–N with tert-alkyl or cyclic N) is 1. The van der Waals surface area contributed by atoms with E-state index < -0.39 is 0 Å². The molecule has 0 bridgehead atoms. The Morgan fingerprint density at radius 2 is 2.04 bits per heavy atom. The summed E-state index contributed by atoms with van der Waals surface area (Å²) in [7, 11) is 0. The highest BCUT2D eigenvalue weighted by molar-refractivity contribution is 7.17. The van der Waals surface area contributed by atoms with Gasteiger partial charge in [0.1, 0.15) is 17.0 Å². The topological polar surface area (TPSA) is 49.2 Å². The summed E-state index contributed by atoms with van der Waals surface area (Å²) in [5.74, 6) is 0.917. The summed E-state index contributed by atoms with van der Waals surface area (Å²) < 4.78 is 0. The van der Waals surface area contributed by atoms with Gasteiger partial charge in [0.2, 0.25) is 0 Å². The highest BCUT2D eigenvalue weighted by Gasteiger charge is 2.23. The van der Waals surface area contributed by atoms with Crippen LogP contribution in [0, 0.1) is 0 Å². The van der Waals surface area contributed by atoms with Crippen LogP contribution in [0.5, 0.6) is 0 Å².